The van der Waals surface area contributed by atoms with Gasteiger partial charge in [0.15, 0.2) is 0 Å². The molecule has 1 aromatic carbocycles. The molecule has 0 spiro atoms. The molecule has 0 radical (unpaired) electrons. The Bertz CT molecular complexity index is 452. The molecule has 5 heteroatoms. The molecule has 1 saturated heterocycles. The van der Waals surface area contributed by atoms with Gasteiger partial charge in [-0.1, -0.05) is 28.4 Å². The summed E-state index contributed by atoms with van der Waals surface area (Å²) in [6.45, 7) is 2.25. The van der Waals surface area contributed by atoms with Gasteiger partial charge >= 0.3 is 5.97 Å². The number of carbonyl (C=O) groups is 1. The van der Waals surface area contributed by atoms with Crippen molar-refractivity contribution in [2.75, 3.05) is 26.8 Å². The lowest BCUT2D eigenvalue weighted by atomic mass is 10.0. The number of piperidine rings is 1. The third kappa shape index (κ3) is 4.21. The molecule has 1 heterocycles. The maximum atomic E-state index is 11.7. The van der Waals surface area contributed by atoms with Gasteiger partial charge in [0.05, 0.1) is 7.11 Å². The number of rotatable bonds is 5. The molecule has 1 fully saturated rings. The van der Waals surface area contributed by atoms with E-state index in [0.29, 0.717) is 6.61 Å². The van der Waals surface area contributed by atoms with Gasteiger partial charge in [-0.2, -0.15) is 0 Å². The van der Waals surface area contributed by atoms with Gasteiger partial charge in [0.2, 0.25) is 0 Å². The minimum atomic E-state index is -0.132. The second-order valence-corrected chi connectivity index (χ2v) is 5.79. The number of nitrogens with zero attached hydrogens (tertiary/aromatic N) is 1. The zero-order chi connectivity index (χ0) is 14.4. The van der Waals surface area contributed by atoms with Crippen LogP contribution in [0.15, 0.2) is 28.7 Å². The number of halogens is 1. The first-order valence-electron chi connectivity index (χ1n) is 6.91. The fraction of sp³-hybridized carbons (Fsp3) is 0.533. The number of ether oxygens (including phenoxy) is 2. The molecule has 1 aromatic rings. The minimum absolute atomic E-state index is 0.111. The molecular formula is C15H20BrNO3. The van der Waals surface area contributed by atoms with Crippen molar-refractivity contribution < 1.29 is 14.3 Å². The maximum Gasteiger partial charge on any atom is 0.323 e. The Labute approximate surface area is 128 Å². The van der Waals surface area contributed by atoms with E-state index in [-0.39, 0.29) is 12.0 Å². The Morgan fingerprint density at radius 2 is 2.30 bits per heavy atom. The summed E-state index contributed by atoms with van der Waals surface area (Å²) in [5, 5.41) is 0. The van der Waals surface area contributed by atoms with Gasteiger partial charge < -0.3 is 9.47 Å². The predicted octanol–water partition coefficient (Wildman–Crippen LogP) is 2.86. The standard InChI is InChI=1S/C15H20BrNO3/c1-19-15(18)14-7-2-3-8-17(14)9-10-20-13-6-4-5-12(16)11-13/h4-6,11,14H,2-3,7-10H2,1H3. The van der Waals surface area contributed by atoms with Crippen LogP contribution >= 0.6 is 15.9 Å². The van der Waals surface area contributed by atoms with Crippen molar-refractivity contribution in [1.29, 1.82) is 0 Å². The molecule has 2 rings (SSSR count). The third-order valence-corrected chi connectivity index (χ3v) is 4.02. The number of carbonyl (C=O) groups excluding carboxylic acids is 1. The first-order valence-corrected chi connectivity index (χ1v) is 7.70. The van der Waals surface area contributed by atoms with E-state index in [4.69, 9.17) is 9.47 Å². The molecule has 1 atom stereocenters. The third-order valence-electron chi connectivity index (χ3n) is 3.53. The van der Waals surface area contributed by atoms with E-state index in [9.17, 15) is 4.79 Å². The molecule has 110 valence electrons. The monoisotopic (exact) mass is 341 g/mol. The molecule has 1 aliphatic rings. The van der Waals surface area contributed by atoms with Crippen LogP contribution in [-0.4, -0.2) is 43.7 Å². The predicted molar refractivity (Wildman–Crippen MR) is 80.9 cm³/mol. The lowest BCUT2D eigenvalue weighted by Gasteiger charge is -2.33. The van der Waals surface area contributed by atoms with E-state index in [1.807, 2.05) is 24.3 Å². The second-order valence-electron chi connectivity index (χ2n) is 4.88. The number of hydrogen-bond donors (Lipinski definition) is 0. The molecule has 0 bridgehead atoms. The highest BCUT2D eigenvalue weighted by atomic mass is 79.9. The van der Waals surface area contributed by atoms with Gasteiger partial charge in [0, 0.05) is 11.0 Å². The smallest absolute Gasteiger partial charge is 0.323 e. The molecule has 4 nitrogen and oxygen atoms in total. The lowest BCUT2D eigenvalue weighted by Crippen LogP contribution is -2.46. The van der Waals surface area contributed by atoms with Crippen LogP contribution in [-0.2, 0) is 9.53 Å². The number of benzene rings is 1. The molecule has 0 aromatic heterocycles. The van der Waals surface area contributed by atoms with Crippen molar-refractivity contribution in [3.05, 3.63) is 28.7 Å². The first kappa shape index (κ1) is 15.3. The summed E-state index contributed by atoms with van der Waals surface area (Å²) >= 11 is 3.42. The summed E-state index contributed by atoms with van der Waals surface area (Å²) in [7, 11) is 1.45. The van der Waals surface area contributed by atoms with Gasteiger partial charge in [-0.3, -0.25) is 9.69 Å². The molecule has 0 aliphatic carbocycles. The SMILES string of the molecule is COC(=O)C1CCCCN1CCOc1cccc(Br)c1. The first-order chi connectivity index (χ1) is 9.70. The Balaban J connectivity index is 1.84. The zero-order valence-corrected chi connectivity index (χ0v) is 13.3. The van der Waals surface area contributed by atoms with E-state index >= 15 is 0 Å². The molecule has 0 saturated carbocycles. The summed E-state index contributed by atoms with van der Waals surface area (Å²) in [6, 6.07) is 7.66. The molecular weight excluding hydrogens is 322 g/mol. The maximum absolute atomic E-state index is 11.7. The molecule has 0 amide bonds. The largest absolute Gasteiger partial charge is 0.492 e. The van der Waals surface area contributed by atoms with Crippen LogP contribution in [0.2, 0.25) is 0 Å². The summed E-state index contributed by atoms with van der Waals surface area (Å²) in [6.07, 6.45) is 3.09. The van der Waals surface area contributed by atoms with E-state index in [1.165, 1.54) is 7.11 Å². The van der Waals surface area contributed by atoms with Gasteiger partial charge in [0.1, 0.15) is 18.4 Å². The highest BCUT2D eigenvalue weighted by Crippen LogP contribution is 2.19. The average Bonchev–Trinajstić information content (AvgIpc) is 2.47. The molecule has 1 unspecified atom stereocenters. The summed E-state index contributed by atoms with van der Waals surface area (Å²) in [5.74, 6) is 0.707. The van der Waals surface area contributed by atoms with Crippen LogP contribution < -0.4 is 4.74 Å². The van der Waals surface area contributed by atoms with E-state index in [1.54, 1.807) is 0 Å². The zero-order valence-electron chi connectivity index (χ0n) is 11.7. The molecule has 1 aliphatic heterocycles. The fourth-order valence-corrected chi connectivity index (χ4v) is 2.88. The highest BCUT2D eigenvalue weighted by molar-refractivity contribution is 9.10. The number of esters is 1. The van der Waals surface area contributed by atoms with Gasteiger partial charge in [0.25, 0.3) is 0 Å². The van der Waals surface area contributed by atoms with Crippen LogP contribution in [0.5, 0.6) is 5.75 Å². The van der Waals surface area contributed by atoms with Gasteiger partial charge in [-0.05, 0) is 37.6 Å². The van der Waals surface area contributed by atoms with E-state index in [0.717, 1.165) is 42.6 Å². The molecule has 0 N–H and O–H groups in total. The van der Waals surface area contributed by atoms with Crippen molar-refractivity contribution in [1.82, 2.24) is 4.90 Å². The minimum Gasteiger partial charge on any atom is -0.492 e. The second kappa shape index (κ2) is 7.64. The van der Waals surface area contributed by atoms with Crippen LogP contribution in [0.3, 0.4) is 0 Å². The van der Waals surface area contributed by atoms with E-state index < -0.39 is 0 Å². The topological polar surface area (TPSA) is 38.8 Å². The van der Waals surface area contributed by atoms with Crippen molar-refractivity contribution in [3.8, 4) is 5.75 Å². The van der Waals surface area contributed by atoms with Crippen molar-refractivity contribution in [2.24, 2.45) is 0 Å². The van der Waals surface area contributed by atoms with Crippen molar-refractivity contribution in [3.63, 3.8) is 0 Å². The number of hydrogen-bond acceptors (Lipinski definition) is 4. The van der Waals surface area contributed by atoms with Crippen LogP contribution in [0.4, 0.5) is 0 Å². The van der Waals surface area contributed by atoms with Gasteiger partial charge in [-0.15, -0.1) is 0 Å². The fourth-order valence-electron chi connectivity index (χ4n) is 2.50. The lowest BCUT2D eigenvalue weighted by molar-refractivity contribution is -0.148. The van der Waals surface area contributed by atoms with Crippen molar-refractivity contribution in [2.45, 2.75) is 25.3 Å². The Morgan fingerprint density at radius 1 is 1.45 bits per heavy atom. The Morgan fingerprint density at radius 3 is 3.05 bits per heavy atom. The van der Waals surface area contributed by atoms with Crippen molar-refractivity contribution >= 4 is 21.9 Å². The summed E-state index contributed by atoms with van der Waals surface area (Å²) in [4.78, 5) is 13.9. The van der Waals surface area contributed by atoms with Crippen LogP contribution in [0, 0.1) is 0 Å². The summed E-state index contributed by atoms with van der Waals surface area (Å²) < 4.78 is 11.6. The molecule has 20 heavy (non-hydrogen) atoms. The number of methoxy groups -OCH3 is 1. The van der Waals surface area contributed by atoms with Crippen LogP contribution in [0.1, 0.15) is 19.3 Å². The van der Waals surface area contributed by atoms with Crippen LogP contribution in [0.25, 0.3) is 0 Å². The Kier molecular flexibility index (Phi) is 5.86. The Hall–Kier alpha value is -1.07. The number of likely N-dealkylation sites (tertiary alicyclic amines) is 1. The normalized spacial score (nSPS) is 19.6. The average molecular weight is 342 g/mol. The highest BCUT2D eigenvalue weighted by Gasteiger charge is 2.28. The van der Waals surface area contributed by atoms with E-state index in [2.05, 4.69) is 20.8 Å². The quantitative estimate of drug-likeness (QED) is 0.772. The summed E-state index contributed by atoms with van der Waals surface area (Å²) in [5.41, 5.74) is 0. The van der Waals surface area contributed by atoms with Gasteiger partial charge in [-0.25, -0.2) is 0 Å².